The SMILES string of the molecule is CCCNCc1ccccc1COC1CCCC(CC)C1. The highest BCUT2D eigenvalue weighted by atomic mass is 16.5. The highest BCUT2D eigenvalue weighted by Crippen LogP contribution is 2.29. The van der Waals surface area contributed by atoms with E-state index in [4.69, 9.17) is 4.74 Å². The molecular weight excluding hydrogens is 258 g/mol. The third-order valence-electron chi connectivity index (χ3n) is 4.65. The molecule has 2 unspecified atom stereocenters. The second-order valence-corrected chi connectivity index (χ2v) is 6.32. The number of nitrogens with one attached hydrogen (secondary N) is 1. The van der Waals surface area contributed by atoms with Gasteiger partial charge in [0, 0.05) is 6.54 Å². The molecule has 0 bridgehead atoms. The Hall–Kier alpha value is -0.860. The average Bonchev–Trinajstić information content (AvgIpc) is 2.54. The van der Waals surface area contributed by atoms with Crippen molar-refractivity contribution < 1.29 is 4.74 Å². The Labute approximate surface area is 130 Å². The van der Waals surface area contributed by atoms with Crippen LogP contribution in [0.1, 0.15) is 63.5 Å². The summed E-state index contributed by atoms with van der Waals surface area (Å²) in [5, 5.41) is 3.49. The largest absolute Gasteiger partial charge is 0.374 e. The maximum absolute atomic E-state index is 6.22. The van der Waals surface area contributed by atoms with Crippen LogP contribution in [0.3, 0.4) is 0 Å². The van der Waals surface area contributed by atoms with Crippen molar-refractivity contribution in [2.45, 2.75) is 71.6 Å². The Bertz CT molecular complexity index is 404. The predicted molar refractivity (Wildman–Crippen MR) is 89.3 cm³/mol. The quantitative estimate of drug-likeness (QED) is 0.702. The Morgan fingerprint density at radius 3 is 2.71 bits per heavy atom. The van der Waals surface area contributed by atoms with Crippen LogP contribution in [0.4, 0.5) is 0 Å². The summed E-state index contributed by atoms with van der Waals surface area (Å²) >= 11 is 0. The number of benzene rings is 1. The van der Waals surface area contributed by atoms with E-state index in [9.17, 15) is 0 Å². The van der Waals surface area contributed by atoms with Crippen molar-refractivity contribution in [2.75, 3.05) is 6.54 Å². The molecule has 0 aromatic heterocycles. The zero-order chi connectivity index (χ0) is 14.9. The highest BCUT2D eigenvalue weighted by molar-refractivity contribution is 5.26. The molecule has 0 aliphatic heterocycles. The Morgan fingerprint density at radius 2 is 1.95 bits per heavy atom. The van der Waals surface area contributed by atoms with Crippen LogP contribution in [0.25, 0.3) is 0 Å². The van der Waals surface area contributed by atoms with Crippen LogP contribution in [-0.4, -0.2) is 12.6 Å². The minimum Gasteiger partial charge on any atom is -0.374 e. The topological polar surface area (TPSA) is 21.3 Å². The predicted octanol–water partition coefficient (Wildman–Crippen LogP) is 4.67. The number of hydrogen-bond acceptors (Lipinski definition) is 2. The summed E-state index contributed by atoms with van der Waals surface area (Å²) in [5.74, 6) is 0.880. The van der Waals surface area contributed by atoms with E-state index in [2.05, 4.69) is 43.4 Å². The van der Waals surface area contributed by atoms with Gasteiger partial charge in [0.15, 0.2) is 0 Å². The first-order valence-corrected chi connectivity index (χ1v) is 8.72. The van der Waals surface area contributed by atoms with Crippen molar-refractivity contribution in [1.82, 2.24) is 5.32 Å². The molecule has 1 aliphatic carbocycles. The smallest absolute Gasteiger partial charge is 0.0723 e. The fourth-order valence-electron chi connectivity index (χ4n) is 3.24. The standard InChI is InChI=1S/C19H31NO/c1-3-12-20-14-17-9-5-6-10-18(17)15-21-19-11-7-8-16(4-2)13-19/h5-6,9-10,16,19-20H,3-4,7-8,11-15H2,1-2H3. The van der Waals surface area contributed by atoms with E-state index < -0.39 is 0 Å². The minimum absolute atomic E-state index is 0.473. The Kier molecular flexibility index (Phi) is 7.25. The van der Waals surface area contributed by atoms with Crippen LogP contribution in [-0.2, 0) is 17.9 Å². The maximum Gasteiger partial charge on any atom is 0.0723 e. The molecule has 0 radical (unpaired) electrons. The Morgan fingerprint density at radius 1 is 1.14 bits per heavy atom. The molecule has 118 valence electrons. The van der Waals surface area contributed by atoms with Gasteiger partial charge in [-0.15, -0.1) is 0 Å². The van der Waals surface area contributed by atoms with E-state index in [1.54, 1.807) is 0 Å². The summed E-state index contributed by atoms with van der Waals surface area (Å²) in [4.78, 5) is 0. The fraction of sp³-hybridized carbons (Fsp3) is 0.684. The summed E-state index contributed by atoms with van der Waals surface area (Å²) < 4.78 is 6.22. The van der Waals surface area contributed by atoms with Crippen molar-refractivity contribution in [2.24, 2.45) is 5.92 Å². The summed E-state index contributed by atoms with van der Waals surface area (Å²) in [5.41, 5.74) is 2.73. The van der Waals surface area contributed by atoms with Crippen LogP contribution >= 0.6 is 0 Å². The molecule has 2 rings (SSSR count). The second kappa shape index (κ2) is 9.22. The molecule has 0 amide bonds. The average molecular weight is 289 g/mol. The molecule has 0 saturated heterocycles. The van der Waals surface area contributed by atoms with Crippen LogP contribution in [0.15, 0.2) is 24.3 Å². The molecule has 1 N–H and O–H groups in total. The van der Waals surface area contributed by atoms with Gasteiger partial charge in [-0.05, 0) is 42.9 Å². The van der Waals surface area contributed by atoms with Gasteiger partial charge in [0.25, 0.3) is 0 Å². The van der Waals surface area contributed by atoms with Crippen LogP contribution in [0.2, 0.25) is 0 Å². The molecule has 21 heavy (non-hydrogen) atoms. The summed E-state index contributed by atoms with van der Waals surface area (Å²) in [7, 11) is 0. The number of hydrogen-bond donors (Lipinski definition) is 1. The van der Waals surface area contributed by atoms with E-state index in [-0.39, 0.29) is 0 Å². The zero-order valence-corrected chi connectivity index (χ0v) is 13.7. The lowest BCUT2D eigenvalue weighted by molar-refractivity contribution is 0.00147. The van der Waals surface area contributed by atoms with Crippen LogP contribution in [0.5, 0.6) is 0 Å². The molecule has 2 atom stereocenters. The summed E-state index contributed by atoms with van der Waals surface area (Å²) in [6.07, 6.45) is 8.19. The van der Waals surface area contributed by atoms with E-state index in [1.165, 1.54) is 49.7 Å². The molecule has 2 heteroatoms. The van der Waals surface area contributed by atoms with E-state index in [0.717, 1.165) is 25.6 Å². The normalized spacial score (nSPS) is 22.4. The van der Waals surface area contributed by atoms with Crippen molar-refractivity contribution >= 4 is 0 Å². The van der Waals surface area contributed by atoms with E-state index in [1.807, 2.05) is 0 Å². The van der Waals surface area contributed by atoms with Gasteiger partial charge in [-0.3, -0.25) is 0 Å². The van der Waals surface area contributed by atoms with Gasteiger partial charge in [0.2, 0.25) is 0 Å². The first-order valence-electron chi connectivity index (χ1n) is 8.72. The third kappa shape index (κ3) is 5.44. The lowest BCUT2D eigenvalue weighted by Gasteiger charge is -2.28. The first-order chi connectivity index (χ1) is 10.3. The molecule has 0 heterocycles. The van der Waals surface area contributed by atoms with Gasteiger partial charge >= 0.3 is 0 Å². The van der Waals surface area contributed by atoms with E-state index in [0.29, 0.717) is 6.10 Å². The minimum atomic E-state index is 0.473. The van der Waals surface area contributed by atoms with Crippen LogP contribution < -0.4 is 5.32 Å². The Balaban J connectivity index is 1.84. The first kappa shape index (κ1) is 16.5. The molecule has 1 saturated carbocycles. The van der Waals surface area contributed by atoms with Gasteiger partial charge in [0.05, 0.1) is 12.7 Å². The van der Waals surface area contributed by atoms with Crippen molar-refractivity contribution in [3.05, 3.63) is 35.4 Å². The summed E-state index contributed by atoms with van der Waals surface area (Å²) in [6, 6.07) is 8.68. The number of ether oxygens (including phenoxy) is 1. The summed E-state index contributed by atoms with van der Waals surface area (Å²) in [6.45, 7) is 7.31. The van der Waals surface area contributed by atoms with Gasteiger partial charge in [-0.2, -0.15) is 0 Å². The van der Waals surface area contributed by atoms with Crippen molar-refractivity contribution in [1.29, 1.82) is 0 Å². The van der Waals surface area contributed by atoms with Gasteiger partial charge < -0.3 is 10.1 Å². The maximum atomic E-state index is 6.22. The molecular formula is C19H31NO. The highest BCUT2D eigenvalue weighted by Gasteiger charge is 2.21. The molecule has 1 aromatic rings. The van der Waals surface area contributed by atoms with E-state index >= 15 is 0 Å². The van der Waals surface area contributed by atoms with Crippen LogP contribution in [0, 0.1) is 5.92 Å². The van der Waals surface area contributed by atoms with Gasteiger partial charge in [-0.1, -0.05) is 57.4 Å². The molecule has 1 aliphatic rings. The lowest BCUT2D eigenvalue weighted by atomic mass is 9.85. The third-order valence-corrected chi connectivity index (χ3v) is 4.65. The molecule has 2 nitrogen and oxygen atoms in total. The van der Waals surface area contributed by atoms with Crippen molar-refractivity contribution in [3.63, 3.8) is 0 Å². The monoisotopic (exact) mass is 289 g/mol. The van der Waals surface area contributed by atoms with Gasteiger partial charge in [0.1, 0.15) is 0 Å². The van der Waals surface area contributed by atoms with Crippen molar-refractivity contribution in [3.8, 4) is 0 Å². The number of rotatable bonds is 8. The second-order valence-electron chi connectivity index (χ2n) is 6.32. The van der Waals surface area contributed by atoms with Gasteiger partial charge in [-0.25, -0.2) is 0 Å². The molecule has 1 aromatic carbocycles. The lowest BCUT2D eigenvalue weighted by Crippen LogP contribution is -2.23. The molecule has 1 fully saturated rings. The molecule has 0 spiro atoms. The fourth-order valence-corrected chi connectivity index (χ4v) is 3.24. The zero-order valence-electron chi connectivity index (χ0n) is 13.7.